The van der Waals surface area contributed by atoms with E-state index in [1.54, 1.807) is 0 Å². The van der Waals surface area contributed by atoms with Crippen LogP contribution >= 0.6 is 0 Å². The SMILES string of the molecule is O=C1CCCN1/C=C/S(=O)(=O)C1CC1. The molecule has 78 valence electrons. The van der Waals surface area contributed by atoms with Gasteiger partial charge in [0, 0.05) is 24.6 Å². The van der Waals surface area contributed by atoms with Crippen molar-refractivity contribution in [3.63, 3.8) is 0 Å². The van der Waals surface area contributed by atoms with Gasteiger partial charge in [0.2, 0.25) is 5.91 Å². The molecule has 5 heteroatoms. The molecule has 0 spiro atoms. The fourth-order valence-corrected chi connectivity index (χ4v) is 2.82. The van der Waals surface area contributed by atoms with Gasteiger partial charge in [-0.25, -0.2) is 8.42 Å². The molecule has 4 nitrogen and oxygen atoms in total. The van der Waals surface area contributed by atoms with Crippen LogP contribution in [-0.2, 0) is 14.6 Å². The lowest BCUT2D eigenvalue weighted by Crippen LogP contribution is -2.18. The number of likely N-dealkylation sites (tertiary alicyclic amines) is 1. The third-order valence-corrected chi connectivity index (χ3v) is 4.43. The lowest BCUT2D eigenvalue weighted by Gasteiger charge is -2.07. The van der Waals surface area contributed by atoms with Gasteiger partial charge < -0.3 is 4.90 Å². The average Bonchev–Trinajstić information content (AvgIpc) is 2.89. The second kappa shape index (κ2) is 3.38. The molecule has 0 bridgehead atoms. The Kier molecular flexibility index (Phi) is 2.34. The summed E-state index contributed by atoms with van der Waals surface area (Å²) in [5.41, 5.74) is 0. The van der Waals surface area contributed by atoms with Crippen molar-refractivity contribution in [3.05, 3.63) is 11.6 Å². The number of sulfone groups is 1. The van der Waals surface area contributed by atoms with E-state index < -0.39 is 9.84 Å². The van der Waals surface area contributed by atoms with E-state index in [2.05, 4.69) is 0 Å². The topological polar surface area (TPSA) is 54.5 Å². The molecular weight excluding hydrogens is 202 g/mol. The van der Waals surface area contributed by atoms with Crippen LogP contribution in [0.3, 0.4) is 0 Å². The molecule has 0 aromatic carbocycles. The van der Waals surface area contributed by atoms with Crippen LogP contribution in [0.4, 0.5) is 0 Å². The standard InChI is InChI=1S/C9H13NO3S/c11-9-2-1-5-10(9)6-7-14(12,13)8-3-4-8/h6-8H,1-5H2/b7-6+. The van der Waals surface area contributed by atoms with E-state index in [4.69, 9.17) is 0 Å². The number of hydrogen-bond donors (Lipinski definition) is 0. The Hall–Kier alpha value is -0.840. The molecule has 0 aromatic heterocycles. The van der Waals surface area contributed by atoms with Crippen molar-refractivity contribution >= 4 is 15.7 Å². The molecule has 0 unspecified atom stereocenters. The van der Waals surface area contributed by atoms with Gasteiger partial charge in [0.15, 0.2) is 9.84 Å². The molecule has 2 aliphatic rings. The van der Waals surface area contributed by atoms with E-state index in [1.165, 1.54) is 16.5 Å². The first-order chi connectivity index (χ1) is 6.59. The van der Waals surface area contributed by atoms with Gasteiger partial charge in [-0.1, -0.05) is 0 Å². The van der Waals surface area contributed by atoms with E-state index in [-0.39, 0.29) is 11.2 Å². The minimum atomic E-state index is -3.07. The Bertz CT molecular complexity index is 368. The minimum Gasteiger partial charge on any atom is -0.318 e. The van der Waals surface area contributed by atoms with Crippen LogP contribution in [0.2, 0.25) is 0 Å². The van der Waals surface area contributed by atoms with Crippen molar-refractivity contribution in [1.82, 2.24) is 4.90 Å². The summed E-state index contributed by atoms with van der Waals surface area (Å²) >= 11 is 0. The fraction of sp³-hybridized carbons (Fsp3) is 0.667. The van der Waals surface area contributed by atoms with Crippen molar-refractivity contribution in [3.8, 4) is 0 Å². The first-order valence-electron chi connectivity index (χ1n) is 4.81. The summed E-state index contributed by atoms with van der Waals surface area (Å²) in [5.74, 6) is 0.0206. The van der Waals surface area contributed by atoms with Crippen molar-refractivity contribution in [2.45, 2.75) is 30.9 Å². The highest BCUT2D eigenvalue weighted by molar-refractivity contribution is 7.95. The summed E-state index contributed by atoms with van der Waals surface area (Å²) in [6, 6.07) is 0. The molecule has 2 fully saturated rings. The lowest BCUT2D eigenvalue weighted by molar-refractivity contribution is -0.125. The molecule has 0 radical (unpaired) electrons. The van der Waals surface area contributed by atoms with Crippen LogP contribution in [-0.4, -0.2) is 31.0 Å². The summed E-state index contributed by atoms with van der Waals surface area (Å²) in [6.45, 7) is 0.648. The summed E-state index contributed by atoms with van der Waals surface area (Å²) in [5, 5.41) is 1.00. The monoisotopic (exact) mass is 215 g/mol. The number of amides is 1. The first kappa shape index (κ1) is 9.71. The van der Waals surface area contributed by atoms with Crippen LogP contribution in [0.5, 0.6) is 0 Å². The zero-order valence-electron chi connectivity index (χ0n) is 7.85. The van der Waals surface area contributed by atoms with Gasteiger partial charge in [-0.2, -0.15) is 0 Å². The molecular formula is C9H13NO3S. The molecule has 14 heavy (non-hydrogen) atoms. The fourth-order valence-electron chi connectivity index (χ4n) is 1.49. The Morgan fingerprint density at radius 2 is 2.07 bits per heavy atom. The van der Waals surface area contributed by atoms with Gasteiger partial charge in [0.05, 0.1) is 5.25 Å². The van der Waals surface area contributed by atoms with Gasteiger partial charge in [0.25, 0.3) is 0 Å². The second-order valence-electron chi connectivity index (χ2n) is 3.76. The van der Waals surface area contributed by atoms with Gasteiger partial charge in [-0.15, -0.1) is 0 Å². The molecule has 0 atom stereocenters. The van der Waals surface area contributed by atoms with Crippen LogP contribution in [0, 0.1) is 0 Å². The van der Waals surface area contributed by atoms with Gasteiger partial charge in [-0.05, 0) is 19.3 Å². The number of rotatable bonds is 3. The molecule has 1 saturated heterocycles. The number of hydrogen-bond acceptors (Lipinski definition) is 3. The highest BCUT2D eigenvalue weighted by Crippen LogP contribution is 2.29. The van der Waals surface area contributed by atoms with Crippen molar-refractivity contribution in [1.29, 1.82) is 0 Å². The van der Waals surface area contributed by atoms with Gasteiger partial charge in [-0.3, -0.25) is 4.79 Å². The summed E-state index contributed by atoms with van der Waals surface area (Å²) < 4.78 is 22.9. The third kappa shape index (κ3) is 1.97. The second-order valence-corrected chi connectivity index (χ2v) is 5.88. The van der Waals surface area contributed by atoms with Crippen LogP contribution < -0.4 is 0 Å². The predicted molar refractivity (Wildman–Crippen MR) is 52.0 cm³/mol. The van der Waals surface area contributed by atoms with E-state index in [1.807, 2.05) is 0 Å². The highest BCUT2D eigenvalue weighted by atomic mass is 32.2. The normalized spacial score (nSPS) is 23.7. The maximum absolute atomic E-state index is 11.4. The molecule has 0 N–H and O–H groups in total. The van der Waals surface area contributed by atoms with E-state index in [9.17, 15) is 13.2 Å². The largest absolute Gasteiger partial charge is 0.318 e. The van der Waals surface area contributed by atoms with Crippen molar-refractivity contribution < 1.29 is 13.2 Å². The summed E-state index contributed by atoms with van der Waals surface area (Å²) in [4.78, 5) is 12.6. The van der Waals surface area contributed by atoms with E-state index in [0.717, 1.165) is 19.3 Å². The van der Waals surface area contributed by atoms with Gasteiger partial charge in [0.1, 0.15) is 0 Å². The smallest absolute Gasteiger partial charge is 0.226 e. The number of carbonyl (C=O) groups is 1. The highest BCUT2D eigenvalue weighted by Gasteiger charge is 2.34. The Morgan fingerprint density at radius 3 is 2.57 bits per heavy atom. The summed E-state index contributed by atoms with van der Waals surface area (Å²) in [6.07, 6.45) is 4.31. The molecule has 1 aliphatic carbocycles. The molecule has 1 aliphatic heterocycles. The number of nitrogens with zero attached hydrogens (tertiary/aromatic N) is 1. The molecule has 1 heterocycles. The van der Waals surface area contributed by atoms with E-state index >= 15 is 0 Å². The van der Waals surface area contributed by atoms with Gasteiger partial charge >= 0.3 is 0 Å². The van der Waals surface area contributed by atoms with Crippen LogP contribution in [0.15, 0.2) is 11.6 Å². The molecule has 1 saturated carbocycles. The first-order valence-corrected chi connectivity index (χ1v) is 6.42. The Morgan fingerprint density at radius 1 is 1.36 bits per heavy atom. The average molecular weight is 215 g/mol. The molecule has 0 aromatic rings. The van der Waals surface area contributed by atoms with Crippen molar-refractivity contribution in [2.75, 3.05) is 6.54 Å². The summed E-state index contributed by atoms with van der Waals surface area (Å²) in [7, 11) is -3.07. The quantitative estimate of drug-likeness (QED) is 0.695. The molecule has 1 amide bonds. The Balaban J connectivity index is 2.02. The van der Waals surface area contributed by atoms with E-state index in [0.29, 0.717) is 13.0 Å². The zero-order valence-corrected chi connectivity index (χ0v) is 8.66. The lowest BCUT2D eigenvalue weighted by atomic mass is 10.4. The predicted octanol–water partition coefficient (Wildman–Crippen LogP) is 0.657. The third-order valence-electron chi connectivity index (χ3n) is 2.53. The molecule has 2 rings (SSSR count). The minimum absolute atomic E-state index is 0.0206. The Labute approximate surface area is 83.5 Å². The van der Waals surface area contributed by atoms with Crippen LogP contribution in [0.1, 0.15) is 25.7 Å². The maximum atomic E-state index is 11.4. The van der Waals surface area contributed by atoms with Crippen LogP contribution in [0.25, 0.3) is 0 Å². The maximum Gasteiger partial charge on any atom is 0.226 e. The van der Waals surface area contributed by atoms with Crippen molar-refractivity contribution in [2.24, 2.45) is 0 Å². The number of carbonyl (C=O) groups excluding carboxylic acids is 1. The zero-order chi connectivity index (χ0) is 10.2.